The number of hydrogen-bond acceptors (Lipinski definition) is 4. The number of anilines is 1. The first kappa shape index (κ1) is 16.1. The Kier molecular flexibility index (Phi) is 4.57. The van der Waals surface area contributed by atoms with E-state index in [9.17, 15) is 9.18 Å². The Hall–Kier alpha value is -2.73. The van der Waals surface area contributed by atoms with E-state index < -0.39 is 11.7 Å². The van der Waals surface area contributed by atoms with Crippen LogP contribution in [0.5, 0.6) is 0 Å². The summed E-state index contributed by atoms with van der Waals surface area (Å²) in [7, 11) is 0. The highest BCUT2D eigenvalue weighted by molar-refractivity contribution is 6.34. The number of para-hydroxylation sites is 1. The number of aryl methyl sites for hydroxylation is 1. The predicted molar refractivity (Wildman–Crippen MR) is 87.6 cm³/mol. The van der Waals surface area contributed by atoms with Crippen LogP contribution >= 0.6 is 11.6 Å². The van der Waals surface area contributed by atoms with Crippen molar-refractivity contribution in [2.45, 2.75) is 13.3 Å². The minimum absolute atomic E-state index is 0.0532. The Morgan fingerprint density at radius 1 is 1.29 bits per heavy atom. The third-order valence-electron chi connectivity index (χ3n) is 3.35. The van der Waals surface area contributed by atoms with Crippen LogP contribution in [0, 0.1) is 12.7 Å². The van der Waals surface area contributed by atoms with Gasteiger partial charge in [0, 0.05) is 5.69 Å². The predicted octanol–water partition coefficient (Wildman–Crippen LogP) is 4.01. The highest BCUT2D eigenvalue weighted by Crippen LogP contribution is 2.22. The number of nitrogens with zero attached hydrogens (tertiary/aromatic N) is 2. The Morgan fingerprint density at radius 3 is 2.79 bits per heavy atom. The first-order valence-corrected chi connectivity index (χ1v) is 7.54. The second kappa shape index (κ2) is 6.80. The number of carbonyl (C=O) groups excluding carboxylic acids is 1. The zero-order valence-corrected chi connectivity index (χ0v) is 13.5. The standard InChI is InChI=1S/C17H13ClFN3O2/c1-10-20-16(24-22-10)8-11-4-2-3-5-15(11)21-17(23)13-7-6-12(19)9-14(13)18/h2-7,9H,8H2,1H3,(H,21,23). The van der Waals surface area contributed by atoms with E-state index in [4.69, 9.17) is 16.1 Å². The molecule has 7 heteroatoms. The molecule has 0 saturated heterocycles. The lowest BCUT2D eigenvalue weighted by atomic mass is 10.1. The van der Waals surface area contributed by atoms with Crippen LogP contribution in [-0.2, 0) is 6.42 Å². The molecule has 1 N–H and O–H groups in total. The summed E-state index contributed by atoms with van der Waals surface area (Å²) >= 11 is 5.93. The molecule has 0 radical (unpaired) electrons. The van der Waals surface area contributed by atoms with Gasteiger partial charge in [-0.25, -0.2) is 4.39 Å². The smallest absolute Gasteiger partial charge is 0.257 e. The summed E-state index contributed by atoms with van der Waals surface area (Å²) in [6.45, 7) is 1.73. The first-order chi connectivity index (χ1) is 11.5. The van der Waals surface area contributed by atoms with Crippen molar-refractivity contribution in [3.63, 3.8) is 0 Å². The third-order valence-corrected chi connectivity index (χ3v) is 3.67. The van der Waals surface area contributed by atoms with Crippen molar-refractivity contribution in [3.8, 4) is 0 Å². The number of nitrogens with one attached hydrogen (secondary N) is 1. The van der Waals surface area contributed by atoms with Crippen molar-refractivity contribution in [1.29, 1.82) is 0 Å². The fourth-order valence-corrected chi connectivity index (χ4v) is 2.49. The van der Waals surface area contributed by atoms with Crippen LogP contribution in [-0.4, -0.2) is 16.0 Å². The fourth-order valence-electron chi connectivity index (χ4n) is 2.23. The molecule has 5 nitrogen and oxygen atoms in total. The molecular weight excluding hydrogens is 333 g/mol. The van der Waals surface area contributed by atoms with Gasteiger partial charge in [0.05, 0.1) is 17.0 Å². The molecule has 3 rings (SSSR count). The Morgan fingerprint density at radius 2 is 2.08 bits per heavy atom. The summed E-state index contributed by atoms with van der Waals surface area (Å²) in [5.41, 5.74) is 1.60. The van der Waals surface area contributed by atoms with Crippen LogP contribution in [0.25, 0.3) is 0 Å². The van der Waals surface area contributed by atoms with E-state index in [-0.39, 0.29) is 10.6 Å². The normalized spacial score (nSPS) is 10.6. The second-order valence-corrected chi connectivity index (χ2v) is 5.55. The van der Waals surface area contributed by atoms with Gasteiger partial charge in [0.1, 0.15) is 5.82 Å². The van der Waals surface area contributed by atoms with Crippen LogP contribution in [0.2, 0.25) is 5.02 Å². The average molecular weight is 346 g/mol. The largest absolute Gasteiger partial charge is 0.339 e. The zero-order valence-electron chi connectivity index (χ0n) is 12.7. The van der Waals surface area contributed by atoms with Crippen molar-refractivity contribution in [3.05, 3.63) is 76.1 Å². The van der Waals surface area contributed by atoms with E-state index in [0.29, 0.717) is 23.8 Å². The van der Waals surface area contributed by atoms with Gasteiger partial charge in [-0.1, -0.05) is 35.0 Å². The Balaban J connectivity index is 1.83. The molecule has 1 amide bonds. The fraction of sp³-hybridized carbons (Fsp3) is 0.118. The van der Waals surface area contributed by atoms with Gasteiger partial charge in [-0.15, -0.1) is 0 Å². The minimum Gasteiger partial charge on any atom is -0.339 e. The molecule has 24 heavy (non-hydrogen) atoms. The molecule has 3 aromatic rings. The molecule has 0 spiro atoms. The molecule has 0 bridgehead atoms. The minimum atomic E-state index is -0.497. The molecule has 0 aliphatic carbocycles. The molecule has 0 atom stereocenters. The molecule has 0 saturated carbocycles. The third kappa shape index (κ3) is 3.60. The van der Waals surface area contributed by atoms with E-state index in [1.165, 1.54) is 12.1 Å². The van der Waals surface area contributed by atoms with Gasteiger partial charge in [0.15, 0.2) is 5.82 Å². The topological polar surface area (TPSA) is 68.0 Å². The van der Waals surface area contributed by atoms with Gasteiger partial charge in [0.2, 0.25) is 5.89 Å². The molecule has 1 aromatic heterocycles. The van der Waals surface area contributed by atoms with E-state index in [0.717, 1.165) is 11.6 Å². The van der Waals surface area contributed by atoms with Crippen LogP contribution in [0.3, 0.4) is 0 Å². The monoisotopic (exact) mass is 345 g/mol. The summed E-state index contributed by atoms with van der Waals surface area (Å²) in [6, 6.07) is 10.9. The van der Waals surface area contributed by atoms with Crippen molar-refractivity contribution in [2.75, 3.05) is 5.32 Å². The van der Waals surface area contributed by atoms with Crippen LogP contribution in [0.4, 0.5) is 10.1 Å². The summed E-state index contributed by atoms with van der Waals surface area (Å²) < 4.78 is 18.2. The van der Waals surface area contributed by atoms with Crippen molar-refractivity contribution in [1.82, 2.24) is 10.1 Å². The maximum absolute atomic E-state index is 13.1. The highest BCUT2D eigenvalue weighted by atomic mass is 35.5. The summed E-state index contributed by atoms with van der Waals surface area (Å²) in [6.07, 6.45) is 0.383. The molecule has 122 valence electrons. The second-order valence-electron chi connectivity index (χ2n) is 5.15. The maximum Gasteiger partial charge on any atom is 0.257 e. The number of halogens is 2. The Bertz CT molecular complexity index is 895. The van der Waals surface area contributed by atoms with Crippen LogP contribution in [0.1, 0.15) is 27.6 Å². The summed E-state index contributed by atoms with van der Waals surface area (Å²) in [5, 5.41) is 6.58. The lowest BCUT2D eigenvalue weighted by Gasteiger charge is -2.10. The van der Waals surface area contributed by atoms with Gasteiger partial charge in [-0.05, 0) is 36.8 Å². The molecule has 2 aromatic carbocycles. The first-order valence-electron chi connectivity index (χ1n) is 7.16. The number of hydrogen-bond donors (Lipinski definition) is 1. The Labute approximate surface area is 142 Å². The zero-order chi connectivity index (χ0) is 17.1. The molecule has 0 unspecified atom stereocenters. The lowest BCUT2D eigenvalue weighted by molar-refractivity contribution is 0.102. The molecular formula is C17H13ClFN3O2. The number of benzene rings is 2. The van der Waals surface area contributed by atoms with E-state index in [1.807, 2.05) is 12.1 Å². The van der Waals surface area contributed by atoms with Crippen molar-refractivity contribution >= 4 is 23.2 Å². The van der Waals surface area contributed by atoms with Gasteiger partial charge in [0.25, 0.3) is 5.91 Å². The quantitative estimate of drug-likeness (QED) is 0.775. The average Bonchev–Trinajstić information content (AvgIpc) is 2.94. The molecule has 1 heterocycles. The van der Waals surface area contributed by atoms with Gasteiger partial charge >= 0.3 is 0 Å². The van der Waals surface area contributed by atoms with E-state index in [2.05, 4.69) is 15.5 Å². The highest BCUT2D eigenvalue weighted by Gasteiger charge is 2.14. The molecule has 0 fully saturated rings. The number of rotatable bonds is 4. The number of amides is 1. The summed E-state index contributed by atoms with van der Waals surface area (Å²) in [4.78, 5) is 16.5. The SMILES string of the molecule is Cc1noc(Cc2ccccc2NC(=O)c2ccc(F)cc2Cl)n1. The van der Waals surface area contributed by atoms with Crippen molar-refractivity contribution < 1.29 is 13.7 Å². The number of aromatic nitrogens is 2. The maximum atomic E-state index is 13.1. The number of carbonyl (C=O) groups is 1. The van der Waals surface area contributed by atoms with Crippen LogP contribution in [0.15, 0.2) is 47.0 Å². The molecule has 0 aliphatic heterocycles. The summed E-state index contributed by atoms with van der Waals surface area (Å²) in [5.74, 6) is 0.0801. The van der Waals surface area contributed by atoms with E-state index in [1.54, 1.807) is 19.1 Å². The van der Waals surface area contributed by atoms with Gasteiger partial charge < -0.3 is 9.84 Å². The van der Waals surface area contributed by atoms with Crippen molar-refractivity contribution in [2.24, 2.45) is 0 Å². The van der Waals surface area contributed by atoms with Gasteiger partial charge in [-0.2, -0.15) is 4.98 Å². The lowest BCUT2D eigenvalue weighted by Crippen LogP contribution is -2.14. The van der Waals surface area contributed by atoms with Gasteiger partial charge in [-0.3, -0.25) is 4.79 Å². The van der Waals surface area contributed by atoms with E-state index >= 15 is 0 Å². The molecule has 0 aliphatic rings. The van der Waals surface area contributed by atoms with Crippen LogP contribution < -0.4 is 5.32 Å².